The molecule has 1 aromatic carbocycles. The van der Waals surface area contributed by atoms with Gasteiger partial charge in [-0.25, -0.2) is 4.39 Å². The van der Waals surface area contributed by atoms with Crippen LogP contribution in [0.3, 0.4) is 0 Å². The monoisotopic (exact) mass is 422 g/mol. The molecule has 0 saturated carbocycles. The van der Waals surface area contributed by atoms with E-state index in [1.165, 1.54) is 14.2 Å². The molecular formula is C20H27FN4O3S. The summed E-state index contributed by atoms with van der Waals surface area (Å²) in [5.41, 5.74) is 1.24. The SMILES string of the molecule is O=S(=O)(N1CCCCC1)N1CC(F)C[C@H]1c1nc(CCCc2ccccc2)no1. The smallest absolute Gasteiger partial charge is 0.282 e. The van der Waals surface area contributed by atoms with Gasteiger partial charge in [0.25, 0.3) is 10.2 Å². The van der Waals surface area contributed by atoms with Crippen molar-refractivity contribution in [2.24, 2.45) is 0 Å². The molecule has 2 aromatic rings. The Balaban J connectivity index is 1.42. The summed E-state index contributed by atoms with van der Waals surface area (Å²) < 4.78 is 48.3. The molecule has 4 rings (SSSR count). The first kappa shape index (κ1) is 20.4. The maximum Gasteiger partial charge on any atom is 0.282 e. The molecule has 2 aliphatic heterocycles. The molecule has 0 N–H and O–H groups in total. The van der Waals surface area contributed by atoms with Gasteiger partial charge < -0.3 is 4.52 Å². The average molecular weight is 423 g/mol. The molecule has 0 aliphatic carbocycles. The second-order valence-corrected chi connectivity index (χ2v) is 9.66. The van der Waals surface area contributed by atoms with Crippen LogP contribution in [0, 0.1) is 0 Å². The van der Waals surface area contributed by atoms with Crippen molar-refractivity contribution in [2.75, 3.05) is 19.6 Å². The van der Waals surface area contributed by atoms with E-state index in [0.717, 1.165) is 32.1 Å². The molecule has 0 bridgehead atoms. The first-order valence-corrected chi connectivity index (χ1v) is 11.7. The first-order valence-electron chi connectivity index (χ1n) is 10.3. The highest BCUT2D eigenvalue weighted by molar-refractivity contribution is 7.86. The zero-order chi connectivity index (χ0) is 20.3. The normalized spacial score (nSPS) is 24.2. The predicted molar refractivity (Wildman–Crippen MR) is 106 cm³/mol. The van der Waals surface area contributed by atoms with Crippen LogP contribution in [0.1, 0.15) is 55.4 Å². The maximum atomic E-state index is 14.2. The van der Waals surface area contributed by atoms with Gasteiger partial charge in [0.15, 0.2) is 5.82 Å². The fraction of sp³-hybridized carbons (Fsp3) is 0.600. The molecule has 0 radical (unpaired) electrons. The summed E-state index contributed by atoms with van der Waals surface area (Å²) in [4.78, 5) is 4.40. The topological polar surface area (TPSA) is 79.5 Å². The van der Waals surface area contributed by atoms with E-state index in [9.17, 15) is 12.8 Å². The highest BCUT2D eigenvalue weighted by Crippen LogP contribution is 2.36. The van der Waals surface area contributed by atoms with Gasteiger partial charge in [-0.1, -0.05) is 41.9 Å². The van der Waals surface area contributed by atoms with Crippen LogP contribution in [0.5, 0.6) is 0 Å². The fourth-order valence-corrected chi connectivity index (χ4v) is 5.94. The molecule has 1 aromatic heterocycles. The van der Waals surface area contributed by atoms with Crippen molar-refractivity contribution in [1.29, 1.82) is 0 Å². The molecule has 3 heterocycles. The molecule has 0 spiro atoms. The van der Waals surface area contributed by atoms with Gasteiger partial charge in [0.05, 0.1) is 0 Å². The largest absolute Gasteiger partial charge is 0.338 e. The Morgan fingerprint density at radius 2 is 1.86 bits per heavy atom. The van der Waals surface area contributed by atoms with Gasteiger partial charge in [-0.3, -0.25) is 0 Å². The summed E-state index contributed by atoms with van der Waals surface area (Å²) in [6.45, 7) is 0.809. The van der Waals surface area contributed by atoms with Crippen LogP contribution in [0.4, 0.5) is 4.39 Å². The summed E-state index contributed by atoms with van der Waals surface area (Å²) >= 11 is 0. The van der Waals surface area contributed by atoms with Crippen molar-refractivity contribution in [3.8, 4) is 0 Å². The van der Waals surface area contributed by atoms with E-state index in [1.807, 2.05) is 18.2 Å². The number of alkyl halides is 1. The van der Waals surface area contributed by atoms with E-state index in [0.29, 0.717) is 25.3 Å². The van der Waals surface area contributed by atoms with Gasteiger partial charge in [-0.15, -0.1) is 0 Å². The highest BCUT2D eigenvalue weighted by atomic mass is 32.2. The van der Waals surface area contributed by atoms with E-state index in [2.05, 4.69) is 22.3 Å². The van der Waals surface area contributed by atoms with Crippen LogP contribution in [-0.2, 0) is 23.1 Å². The molecule has 158 valence electrons. The fourth-order valence-electron chi connectivity index (χ4n) is 4.08. The third-order valence-electron chi connectivity index (χ3n) is 5.62. The quantitative estimate of drug-likeness (QED) is 0.685. The Morgan fingerprint density at radius 3 is 2.62 bits per heavy atom. The second kappa shape index (κ2) is 8.89. The van der Waals surface area contributed by atoms with Crippen LogP contribution in [0.15, 0.2) is 34.9 Å². The van der Waals surface area contributed by atoms with E-state index in [-0.39, 0.29) is 18.9 Å². The molecule has 0 amide bonds. The molecule has 2 aliphatic rings. The summed E-state index contributed by atoms with van der Waals surface area (Å²) in [5, 5.41) is 4.00. The summed E-state index contributed by atoms with van der Waals surface area (Å²) in [5.74, 6) is 0.731. The van der Waals surface area contributed by atoms with E-state index >= 15 is 0 Å². The Morgan fingerprint density at radius 1 is 1.10 bits per heavy atom. The number of rotatable bonds is 7. The predicted octanol–water partition coefficient (Wildman–Crippen LogP) is 3.06. The molecule has 29 heavy (non-hydrogen) atoms. The number of benzene rings is 1. The lowest BCUT2D eigenvalue weighted by atomic mass is 10.1. The standard InChI is InChI=1S/C20H27FN4O3S/c21-17-14-18(25(15-17)29(26,27)24-12-5-2-6-13-24)20-22-19(23-28-20)11-7-10-16-8-3-1-4-9-16/h1,3-4,8-9,17-18H,2,5-7,10-15H2/t17?,18-/m0/s1. The minimum absolute atomic E-state index is 0.0543. The van der Waals surface area contributed by atoms with Crippen molar-refractivity contribution in [3.63, 3.8) is 0 Å². The number of hydrogen-bond donors (Lipinski definition) is 0. The van der Waals surface area contributed by atoms with Crippen molar-refractivity contribution < 1.29 is 17.3 Å². The molecule has 2 atom stereocenters. The van der Waals surface area contributed by atoms with Crippen molar-refractivity contribution in [1.82, 2.24) is 18.8 Å². The minimum Gasteiger partial charge on any atom is -0.338 e. The van der Waals surface area contributed by atoms with Crippen LogP contribution in [0.25, 0.3) is 0 Å². The second-order valence-electron chi connectivity index (χ2n) is 7.77. The molecule has 7 nitrogen and oxygen atoms in total. The van der Waals surface area contributed by atoms with Crippen LogP contribution < -0.4 is 0 Å². The Labute approximate surface area is 171 Å². The van der Waals surface area contributed by atoms with Crippen molar-refractivity contribution in [2.45, 2.75) is 57.2 Å². The molecule has 9 heteroatoms. The highest BCUT2D eigenvalue weighted by Gasteiger charge is 2.45. The summed E-state index contributed by atoms with van der Waals surface area (Å²) in [6, 6.07) is 9.42. The van der Waals surface area contributed by atoms with Gasteiger partial charge in [0.1, 0.15) is 12.2 Å². The lowest BCUT2D eigenvalue weighted by molar-refractivity contribution is 0.260. The number of halogens is 1. The maximum absolute atomic E-state index is 14.2. The van der Waals surface area contributed by atoms with Gasteiger partial charge in [-0.2, -0.15) is 22.0 Å². The van der Waals surface area contributed by atoms with Crippen LogP contribution in [0.2, 0.25) is 0 Å². The number of aromatic nitrogens is 2. The molecule has 2 fully saturated rings. The Kier molecular flexibility index (Phi) is 6.26. The molecular weight excluding hydrogens is 395 g/mol. The van der Waals surface area contributed by atoms with Crippen molar-refractivity contribution >= 4 is 10.2 Å². The van der Waals surface area contributed by atoms with Gasteiger partial charge in [-0.05, 0) is 31.2 Å². The Hall–Kier alpha value is -1.84. The summed E-state index contributed by atoms with van der Waals surface area (Å²) in [7, 11) is -3.74. The number of piperidine rings is 1. The Bertz CT molecular complexity index is 899. The van der Waals surface area contributed by atoms with E-state index in [1.54, 1.807) is 0 Å². The van der Waals surface area contributed by atoms with Crippen LogP contribution in [-0.4, -0.2) is 53.0 Å². The number of aryl methyl sites for hydroxylation is 2. The minimum atomic E-state index is -3.74. The zero-order valence-electron chi connectivity index (χ0n) is 16.4. The average Bonchev–Trinajstić information content (AvgIpc) is 3.36. The zero-order valence-corrected chi connectivity index (χ0v) is 17.2. The summed E-state index contributed by atoms with van der Waals surface area (Å²) in [6.07, 6.45) is 3.91. The lowest BCUT2D eigenvalue weighted by Crippen LogP contribution is -2.46. The third-order valence-corrected chi connectivity index (χ3v) is 7.63. The van der Waals surface area contributed by atoms with Gasteiger partial charge in [0.2, 0.25) is 5.89 Å². The van der Waals surface area contributed by atoms with E-state index < -0.39 is 22.4 Å². The van der Waals surface area contributed by atoms with E-state index in [4.69, 9.17) is 4.52 Å². The van der Waals surface area contributed by atoms with Crippen LogP contribution >= 0.6 is 0 Å². The number of nitrogens with zero attached hydrogens (tertiary/aromatic N) is 4. The molecule has 2 saturated heterocycles. The third kappa shape index (κ3) is 4.67. The number of hydrogen-bond acceptors (Lipinski definition) is 5. The lowest BCUT2D eigenvalue weighted by Gasteiger charge is -2.31. The first-order chi connectivity index (χ1) is 14.0. The van der Waals surface area contributed by atoms with Crippen molar-refractivity contribution in [3.05, 3.63) is 47.6 Å². The molecule has 1 unspecified atom stereocenters. The van der Waals surface area contributed by atoms with Gasteiger partial charge >= 0.3 is 0 Å². The van der Waals surface area contributed by atoms with Gasteiger partial charge in [0, 0.05) is 32.5 Å².